The molecule has 0 fully saturated rings. The minimum Gasteiger partial charge on any atom is -0.310 e. The van der Waals surface area contributed by atoms with Gasteiger partial charge < -0.3 is 5.32 Å². The standard InChI is InChI=1S/C17H25N3/c1-5-18-17(15-8-6-7-14(4)11-15)12-16-9-10-20(19-16)13(2)3/h6-11,13,17-18H,5,12H2,1-4H3. The third-order valence-corrected chi connectivity index (χ3v) is 3.50. The van der Waals surface area contributed by atoms with Crippen LogP contribution in [0.3, 0.4) is 0 Å². The lowest BCUT2D eigenvalue weighted by molar-refractivity contribution is 0.506. The van der Waals surface area contributed by atoms with E-state index in [4.69, 9.17) is 0 Å². The number of aryl methyl sites for hydroxylation is 1. The summed E-state index contributed by atoms with van der Waals surface area (Å²) in [6.07, 6.45) is 3.00. The first-order chi connectivity index (χ1) is 9.60. The zero-order valence-corrected chi connectivity index (χ0v) is 12.9. The van der Waals surface area contributed by atoms with E-state index in [0.29, 0.717) is 12.1 Å². The molecule has 20 heavy (non-hydrogen) atoms. The van der Waals surface area contributed by atoms with Crippen molar-refractivity contribution in [2.75, 3.05) is 6.54 Å². The van der Waals surface area contributed by atoms with E-state index in [-0.39, 0.29) is 0 Å². The number of nitrogens with one attached hydrogen (secondary N) is 1. The third-order valence-electron chi connectivity index (χ3n) is 3.50. The smallest absolute Gasteiger partial charge is 0.0643 e. The number of hydrogen-bond acceptors (Lipinski definition) is 2. The van der Waals surface area contributed by atoms with Crippen molar-refractivity contribution in [1.82, 2.24) is 15.1 Å². The van der Waals surface area contributed by atoms with Crippen molar-refractivity contribution < 1.29 is 0 Å². The Morgan fingerprint density at radius 1 is 1.25 bits per heavy atom. The number of rotatable bonds is 6. The van der Waals surface area contributed by atoms with Crippen LogP contribution in [-0.2, 0) is 6.42 Å². The van der Waals surface area contributed by atoms with Crippen LogP contribution in [0.4, 0.5) is 0 Å². The second-order valence-corrected chi connectivity index (χ2v) is 5.61. The molecule has 1 atom stereocenters. The molecule has 0 bridgehead atoms. The average molecular weight is 271 g/mol. The summed E-state index contributed by atoms with van der Waals surface area (Å²) in [5.74, 6) is 0. The number of benzene rings is 1. The molecular formula is C17H25N3. The number of likely N-dealkylation sites (N-methyl/N-ethyl adjacent to an activating group) is 1. The highest BCUT2D eigenvalue weighted by atomic mass is 15.3. The van der Waals surface area contributed by atoms with Gasteiger partial charge in [0.25, 0.3) is 0 Å². The van der Waals surface area contributed by atoms with Crippen LogP contribution in [0.25, 0.3) is 0 Å². The highest BCUT2D eigenvalue weighted by Gasteiger charge is 2.13. The molecule has 0 spiro atoms. The van der Waals surface area contributed by atoms with Crippen molar-refractivity contribution in [1.29, 1.82) is 0 Å². The van der Waals surface area contributed by atoms with Crippen molar-refractivity contribution in [2.45, 2.75) is 46.2 Å². The fourth-order valence-corrected chi connectivity index (χ4v) is 2.42. The zero-order chi connectivity index (χ0) is 14.5. The molecule has 2 rings (SSSR count). The summed E-state index contributed by atoms with van der Waals surface area (Å²) < 4.78 is 2.02. The quantitative estimate of drug-likeness (QED) is 0.869. The first-order valence-electron chi connectivity index (χ1n) is 7.44. The Morgan fingerprint density at radius 3 is 2.65 bits per heavy atom. The Labute approximate surface area is 122 Å². The van der Waals surface area contributed by atoms with Crippen molar-refractivity contribution in [3.63, 3.8) is 0 Å². The molecular weight excluding hydrogens is 246 g/mol. The number of aromatic nitrogens is 2. The van der Waals surface area contributed by atoms with Gasteiger partial charge in [-0.05, 0) is 38.9 Å². The Bertz CT molecular complexity index is 543. The molecule has 0 saturated heterocycles. The highest BCUT2D eigenvalue weighted by Crippen LogP contribution is 2.19. The van der Waals surface area contributed by atoms with Gasteiger partial charge in [0.2, 0.25) is 0 Å². The van der Waals surface area contributed by atoms with Gasteiger partial charge in [-0.2, -0.15) is 5.10 Å². The van der Waals surface area contributed by atoms with E-state index in [1.807, 2.05) is 4.68 Å². The molecule has 0 radical (unpaired) electrons. The molecule has 0 aliphatic carbocycles. The van der Waals surface area contributed by atoms with Crippen LogP contribution in [0.5, 0.6) is 0 Å². The van der Waals surface area contributed by atoms with Gasteiger partial charge in [-0.3, -0.25) is 4.68 Å². The van der Waals surface area contributed by atoms with E-state index in [9.17, 15) is 0 Å². The Morgan fingerprint density at radius 2 is 2.05 bits per heavy atom. The van der Waals surface area contributed by atoms with Gasteiger partial charge in [-0.1, -0.05) is 36.8 Å². The van der Waals surface area contributed by atoms with Crippen LogP contribution in [0.1, 0.15) is 49.7 Å². The number of hydrogen-bond donors (Lipinski definition) is 1. The van der Waals surface area contributed by atoms with Gasteiger partial charge in [0.1, 0.15) is 0 Å². The number of nitrogens with zero attached hydrogens (tertiary/aromatic N) is 2. The van der Waals surface area contributed by atoms with Crippen LogP contribution >= 0.6 is 0 Å². The minimum absolute atomic E-state index is 0.329. The van der Waals surface area contributed by atoms with Gasteiger partial charge in [0.05, 0.1) is 5.69 Å². The zero-order valence-electron chi connectivity index (χ0n) is 12.9. The molecule has 1 aromatic carbocycles. The molecule has 2 aromatic rings. The normalized spacial score (nSPS) is 12.8. The highest BCUT2D eigenvalue weighted by molar-refractivity contribution is 5.26. The molecule has 3 heteroatoms. The van der Waals surface area contributed by atoms with E-state index in [2.05, 4.69) is 74.6 Å². The fraction of sp³-hybridized carbons (Fsp3) is 0.471. The molecule has 1 aromatic heterocycles. The minimum atomic E-state index is 0.329. The predicted molar refractivity (Wildman–Crippen MR) is 83.9 cm³/mol. The lowest BCUT2D eigenvalue weighted by Gasteiger charge is -2.18. The Hall–Kier alpha value is -1.61. The van der Waals surface area contributed by atoms with Crippen molar-refractivity contribution in [3.8, 4) is 0 Å². The van der Waals surface area contributed by atoms with Crippen molar-refractivity contribution in [3.05, 3.63) is 53.3 Å². The molecule has 0 amide bonds. The maximum absolute atomic E-state index is 4.66. The van der Waals surface area contributed by atoms with E-state index >= 15 is 0 Å². The van der Waals surface area contributed by atoms with Crippen molar-refractivity contribution in [2.24, 2.45) is 0 Å². The van der Waals surface area contributed by atoms with Crippen LogP contribution in [0, 0.1) is 6.92 Å². The predicted octanol–water partition coefficient (Wildman–Crippen LogP) is 3.67. The van der Waals surface area contributed by atoms with Crippen LogP contribution < -0.4 is 5.32 Å². The average Bonchev–Trinajstić information content (AvgIpc) is 2.87. The van der Waals surface area contributed by atoms with E-state index in [1.165, 1.54) is 11.1 Å². The topological polar surface area (TPSA) is 29.9 Å². The van der Waals surface area contributed by atoms with E-state index in [1.54, 1.807) is 0 Å². The Kier molecular flexibility index (Phi) is 4.96. The summed E-state index contributed by atoms with van der Waals surface area (Å²) >= 11 is 0. The van der Waals surface area contributed by atoms with Crippen LogP contribution in [0.15, 0.2) is 36.5 Å². The molecule has 0 aliphatic heterocycles. The summed E-state index contributed by atoms with van der Waals surface area (Å²) in [5.41, 5.74) is 3.79. The second-order valence-electron chi connectivity index (χ2n) is 5.61. The van der Waals surface area contributed by atoms with Gasteiger partial charge in [0, 0.05) is 24.7 Å². The summed E-state index contributed by atoms with van der Waals surface area (Å²) in [7, 11) is 0. The largest absolute Gasteiger partial charge is 0.310 e. The fourth-order valence-electron chi connectivity index (χ4n) is 2.42. The van der Waals surface area contributed by atoms with Crippen LogP contribution in [0.2, 0.25) is 0 Å². The Balaban J connectivity index is 2.16. The SMILES string of the molecule is CCNC(Cc1ccn(C(C)C)n1)c1cccc(C)c1. The van der Waals surface area contributed by atoms with Gasteiger partial charge in [0.15, 0.2) is 0 Å². The van der Waals surface area contributed by atoms with Crippen molar-refractivity contribution >= 4 is 0 Å². The molecule has 1 heterocycles. The van der Waals surface area contributed by atoms with Gasteiger partial charge in [-0.25, -0.2) is 0 Å². The molecule has 108 valence electrons. The maximum Gasteiger partial charge on any atom is 0.0643 e. The monoisotopic (exact) mass is 271 g/mol. The second kappa shape index (κ2) is 6.71. The first-order valence-corrected chi connectivity index (χ1v) is 7.44. The molecule has 1 N–H and O–H groups in total. The van der Waals surface area contributed by atoms with E-state index < -0.39 is 0 Å². The lowest BCUT2D eigenvalue weighted by atomic mass is 10.0. The maximum atomic E-state index is 4.66. The summed E-state index contributed by atoms with van der Waals surface area (Å²) in [6, 6.07) is 11.6. The van der Waals surface area contributed by atoms with Crippen LogP contribution in [-0.4, -0.2) is 16.3 Å². The third kappa shape index (κ3) is 3.70. The summed E-state index contributed by atoms with van der Waals surface area (Å²) in [5, 5.41) is 8.22. The summed E-state index contributed by atoms with van der Waals surface area (Å²) in [6.45, 7) is 9.55. The van der Waals surface area contributed by atoms with Gasteiger partial charge in [-0.15, -0.1) is 0 Å². The molecule has 0 saturated carbocycles. The van der Waals surface area contributed by atoms with Gasteiger partial charge >= 0.3 is 0 Å². The molecule has 1 unspecified atom stereocenters. The summed E-state index contributed by atoms with van der Waals surface area (Å²) in [4.78, 5) is 0. The molecule has 0 aliphatic rings. The van der Waals surface area contributed by atoms with E-state index in [0.717, 1.165) is 18.7 Å². The first kappa shape index (κ1) is 14.8. The molecule has 3 nitrogen and oxygen atoms in total. The lowest BCUT2D eigenvalue weighted by Crippen LogP contribution is -2.23.